The Balaban J connectivity index is 1.51. The highest BCUT2D eigenvalue weighted by Gasteiger charge is 2.32. The van der Waals surface area contributed by atoms with Crippen molar-refractivity contribution < 1.29 is 9.90 Å². The highest BCUT2D eigenvalue weighted by atomic mass is 16.4. The predicted octanol–water partition coefficient (Wildman–Crippen LogP) is 4.90. The molecule has 4 rings (SSSR count). The molecule has 1 unspecified atom stereocenters. The number of aromatic nitrogens is 2. The molecule has 1 aromatic heterocycles. The lowest BCUT2D eigenvalue weighted by molar-refractivity contribution is 0.0908. The SMILES string of the molecule is CC(C)(C)N(CC1CCN(c2nccc(-c3ccc4ccccc4c3)n2)C1)C(=O)O. The fraction of sp³-hybridized carbons (Fsp3) is 0.375. The van der Waals surface area contributed by atoms with Crippen LogP contribution in [0.15, 0.2) is 54.7 Å². The van der Waals surface area contributed by atoms with E-state index in [1.807, 2.05) is 39.0 Å². The molecule has 0 saturated carbocycles. The van der Waals surface area contributed by atoms with Gasteiger partial charge in [-0.2, -0.15) is 0 Å². The number of anilines is 1. The van der Waals surface area contributed by atoms with Crippen molar-refractivity contribution in [2.45, 2.75) is 32.7 Å². The first-order valence-electron chi connectivity index (χ1n) is 10.4. The van der Waals surface area contributed by atoms with Crippen LogP contribution in [0.1, 0.15) is 27.2 Å². The average molecular weight is 405 g/mol. The van der Waals surface area contributed by atoms with E-state index in [2.05, 4.69) is 40.2 Å². The number of nitrogens with zero attached hydrogens (tertiary/aromatic N) is 4. The first-order valence-corrected chi connectivity index (χ1v) is 10.4. The van der Waals surface area contributed by atoms with Gasteiger partial charge < -0.3 is 14.9 Å². The van der Waals surface area contributed by atoms with Crippen LogP contribution in [0.3, 0.4) is 0 Å². The van der Waals surface area contributed by atoms with E-state index in [1.54, 1.807) is 6.20 Å². The molecule has 0 spiro atoms. The van der Waals surface area contributed by atoms with Gasteiger partial charge in [0.15, 0.2) is 0 Å². The van der Waals surface area contributed by atoms with Gasteiger partial charge >= 0.3 is 6.09 Å². The van der Waals surface area contributed by atoms with Crippen molar-refractivity contribution in [3.63, 3.8) is 0 Å². The van der Waals surface area contributed by atoms with E-state index < -0.39 is 11.6 Å². The molecule has 0 aliphatic carbocycles. The lowest BCUT2D eigenvalue weighted by Crippen LogP contribution is -2.47. The molecule has 0 bridgehead atoms. The second-order valence-electron chi connectivity index (χ2n) is 8.97. The molecule has 6 nitrogen and oxygen atoms in total. The fourth-order valence-corrected chi connectivity index (χ4v) is 4.07. The number of hydrogen-bond donors (Lipinski definition) is 1. The normalized spacial score (nSPS) is 16.8. The minimum Gasteiger partial charge on any atom is -0.465 e. The van der Waals surface area contributed by atoms with Crippen molar-refractivity contribution in [1.82, 2.24) is 14.9 Å². The van der Waals surface area contributed by atoms with Crippen LogP contribution in [0.25, 0.3) is 22.0 Å². The summed E-state index contributed by atoms with van der Waals surface area (Å²) in [7, 11) is 0. The van der Waals surface area contributed by atoms with E-state index in [0.717, 1.165) is 30.8 Å². The van der Waals surface area contributed by atoms with Gasteiger partial charge in [-0.15, -0.1) is 0 Å². The Morgan fingerprint density at radius 2 is 1.93 bits per heavy atom. The first-order chi connectivity index (χ1) is 14.3. The standard InChI is InChI=1S/C24H28N4O2/c1-24(2,3)28(23(29)30)16-17-11-13-27(15-17)22-25-12-10-21(26-22)20-9-8-18-6-4-5-7-19(18)14-20/h4-10,12,14,17H,11,13,15-16H2,1-3H3,(H,29,30). The smallest absolute Gasteiger partial charge is 0.407 e. The zero-order chi connectivity index (χ0) is 21.3. The molecule has 6 heteroatoms. The van der Waals surface area contributed by atoms with Gasteiger partial charge in [-0.3, -0.25) is 0 Å². The molecular weight excluding hydrogens is 376 g/mol. The number of carbonyl (C=O) groups is 1. The predicted molar refractivity (Wildman–Crippen MR) is 120 cm³/mol. The molecule has 1 aliphatic rings. The Labute approximate surface area is 177 Å². The topological polar surface area (TPSA) is 69.6 Å². The number of hydrogen-bond acceptors (Lipinski definition) is 4. The van der Waals surface area contributed by atoms with Crippen molar-refractivity contribution >= 4 is 22.8 Å². The molecule has 3 aromatic rings. The molecule has 1 aliphatic heterocycles. The molecule has 0 radical (unpaired) electrons. The van der Waals surface area contributed by atoms with E-state index in [1.165, 1.54) is 15.7 Å². The Hall–Kier alpha value is -3.15. The van der Waals surface area contributed by atoms with Gasteiger partial charge in [-0.05, 0) is 56.0 Å². The van der Waals surface area contributed by atoms with Crippen LogP contribution in [-0.4, -0.2) is 51.2 Å². The maximum Gasteiger partial charge on any atom is 0.407 e. The van der Waals surface area contributed by atoms with Gasteiger partial charge in [0.05, 0.1) is 5.69 Å². The molecule has 2 heterocycles. The largest absolute Gasteiger partial charge is 0.465 e. The molecule has 30 heavy (non-hydrogen) atoms. The summed E-state index contributed by atoms with van der Waals surface area (Å²) in [6.45, 7) is 7.93. The second-order valence-corrected chi connectivity index (χ2v) is 8.97. The number of fused-ring (bicyclic) bond motifs is 1. The molecule has 1 saturated heterocycles. The summed E-state index contributed by atoms with van der Waals surface area (Å²) in [6.07, 6.45) is 1.87. The van der Waals surface area contributed by atoms with Crippen molar-refractivity contribution in [1.29, 1.82) is 0 Å². The Bertz CT molecular complexity index is 1060. The van der Waals surface area contributed by atoms with Crippen LogP contribution in [-0.2, 0) is 0 Å². The van der Waals surface area contributed by atoms with Crippen LogP contribution in [0, 0.1) is 5.92 Å². The summed E-state index contributed by atoms with van der Waals surface area (Å²) in [5.41, 5.74) is 1.56. The summed E-state index contributed by atoms with van der Waals surface area (Å²) in [6, 6.07) is 16.6. The molecule has 1 amide bonds. The second kappa shape index (κ2) is 7.94. The van der Waals surface area contributed by atoms with Crippen molar-refractivity contribution in [3.05, 3.63) is 54.7 Å². The van der Waals surface area contributed by atoms with E-state index in [4.69, 9.17) is 4.98 Å². The van der Waals surface area contributed by atoms with Gasteiger partial charge in [0.25, 0.3) is 0 Å². The summed E-state index contributed by atoms with van der Waals surface area (Å²) in [5.74, 6) is 0.981. The molecule has 2 aromatic carbocycles. The molecule has 156 valence electrons. The number of benzene rings is 2. The number of amides is 1. The Kier molecular flexibility index (Phi) is 5.33. The summed E-state index contributed by atoms with van der Waals surface area (Å²) in [4.78, 5) is 24.7. The Morgan fingerprint density at radius 1 is 1.17 bits per heavy atom. The van der Waals surface area contributed by atoms with Crippen molar-refractivity contribution in [2.75, 3.05) is 24.5 Å². The average Bonchev–Trinajstić information content (AvgIpc) is 3.19. The highest BCUT2D eigenvalue weighted by Crippen LogP contribution is 2.27. The summed E-state index contributed by atoms with van der Waals surface area (Å²) >= 11 is 0. The van der Waals surface area contributed by atoms with Gasteiger partial charge in [0.2, 0.25) is 5.95 Å². The molecule has 1 N–H and O–H groups in total. The summed E-state index contributed by atoms with van der Waals surface area (Å²) < 4.78 is 0. The lowest BCUT2D eigenvalue weighted by atomic mass is 10.0. The van der Waals surface area contributed by atoms with Gasteiger partial charge in [0.1, 0.15) is 0 Å². The van der Waals surface area contributed by atoms with E-state index >= 15 is 0 Å². The zero-order valence-electron chi connectivity index (χ0n) is 17.7. The minimum absolute atomic E-state index is 0.272. The van der Waals surface area contributed by atoms with Crippen LogP contribution in [0.2, 0.25) is 0 Å². The monoisotopic (exact) mass is 404 g/mol. The number of carboxylic acid groups (broad SMARTS) is 1. The zero-order valence-corrected chi connectivity index (χ0v) is 17.7. The van der Waals surface area contributed by atoms with E-state index in [0.29, 0.717) is 12.5 Å². The summed E-state index contributed by atoms with van der Waals surface area (Å²) in [5, 5.41) is 12.0. The highest BCUT2D eigenvalue weighted by molar-refractivity contribution is 5.86. The van der Waals surface area contributed by atoms with Crippen molar-refractivity contribution in [3.8, 4) is 11.3 Å². The molecule has 1 atom stereocenters. The third-order valence-electron chi connectivity index (χ3n) is 5.74. The maximum atomic E-state index is 11.7. The third kappa shape index (κ3) is 4.22. The van der Waals surface area contributed by atoms with Crippen LogP contribution in [0.4, 0.5) is 10.7 Å². The molecular formula is C24H28N4O2. The third-order valence-corrected chi connectivity index (χ3v) is 5.74. The van der Waals surface area contributed by atoms with Crippen molar-refractivity contribution in [2.24, 2.45) is 5.92 Å². The van der Waals surface area contributed by atoms with Gasteiger partial charge in [-0.25, -0.2) is 14.8 Å². The fourth-order valence-electron chi connectivity index (χ4n) is 4.07. The quantitative estimate of drug-likeness (QED) is 0.670. The van der Waals surface area contributed by atoms with E-state index in [-0.39, 0.29) is 5.92 Å². The first kappa shape index (κ1) is 20.1. The van der Waals surface area contributed by atoms with Crippen LogP contribution < -0.4 is 4.90 Å². The van der Waals surface area contributed by atoms with E-state index in [9.17, 15) is 9.90 Å². The van der Waals surface area contributed by atoms with Crippen LogP contribution in [0.5, 0.6) is 0 Å². The minimum atomic E-state index is -0.865. The Morgan fingerprint density at radius 3 is 2.67 bits per heavy atom. The van der Waals surface area contributed by atoms with Gasteiger partial charge in [-0.1, -0.05) is 36.4 Å². The maximum absolute atomic E-state index is 11.7. The lowest BCUT2D eigenvalue weighted by Gasteiger charge is -2.35. The van der Waals surface area contributed by atoms with Crippen LogP contribution >= 0.6 is 0 Å². The van der Waals surface area contributed by atoms with Gasteiger partial charge in [0, 0.05) is 36.9 Å². The molecule has 1 fully saturated rings. The number of rotatable bonds is 4.